The SMILES string of the molecule is CCOC(=O)C1=NN(c2ccccc2CC)[C@](C)(C(=O)O)C1. The average molecular weight is 304 g/mol. The molecule has 6 nitrogen and oxygen atoms in total. The van der Waals surface area contributed by atoms with Crippen molar-refractivity contribution in [3.63, 3.8) is 0 Å². The van der Waals surface area contributed by atoms with E-state index >= 15 is 0 Å². The quantitative estimate of drug-likeness (QED) is 0.844. The summed E-state index contributed by atoms with van der Waals surface area (Å²) in [4.78, 5) is 23.7. The van der Waals surface area contributed by atoms with E-state index in [-0.39, 0.29) is 18.7 Å². The minimum Gasteiger partial charge on any atom is -0.479 e. The lowest BCUT2D eigenvalue weighted by atomic mass is 9.94. The van der Waals surface area contributed by atoms with E-state index in [1.807, 2.05) is 31.2 Å². The van der Waals surface area contributed by atoms with Crippen molar-refractivity contribution >= 4 is 23.3 Å². The third-order valence-corrected chi connectivity index (χ3v) is 3.77. The fourth-order valence-electron chi connectivity index (χ4n) is 2.50. The molecule has 1 atom stereocenters. The summed E-state index contributed by atoms with van der Waals surface area (Å²) in [5.74, 6) is -1.59. The van der Waals surface area contributed by atoms with Crippen molar-refractivity contribution < 1.29 is 19.4 Å². The Morgan fingerprint density at radius 2 is 2.05 bits per heavy atom. The molecule has 0 unspecified atom stereocenters. The lowest BCUT2D eigenvalue weighted by Crippen LogP contribution is -2.47. The summed E-state index contributed by atoms with van der Waals surface area (Å²) < 4.78 is 4.95. The van der Waals surface area contributed by atoms with Gasteiger partial charge in [-0.1, -0.05) is 25.1 Å². The van der Waals surface area contributed by atoms with Crippen LogP contribution < -0.4 is 5.01 Å². The van der Waals surface area contributed by atoms with Gasteiger partial charge in [0.05, 0.1) is 12.3 Å². The van der Waals surface area contributed by atoms with E-state index in [2.05, 4.69) is 5.10 Å². The number of carbonyl (C=O) groups excluding carboxylic acids is 1. The first-order chi connectivity index (χ1) is 10.4. The van der Waals surface area contributed by atoms with Gasteiger partial charge in [-0.2, -0.15) is 5.10 Å². The predicted molar refractivity (Wildman–Crippen MR) is 83.0 cm³/mol. The topological polar surface area (TPSA) is 79.2 Å². The van der Waals surface area contributed by atoms with Crippen molar-refractivity contribution in [2.75, 3.05) is 11.6 Å². The summed E-state index contributed by atoms with van der Waals surface area (Å²) in [7, 11) is 0. The van der Waals surface area contributed by atoms with Crippen molar-refractivity contribution in [3.05, 3.63) is 29.8 Å². The number of carboxylic acid groups (broad SMARTS) is 1. The summed E-state index contributed by atoms with van der Waals surface area (Å²) in [5, 5.41) is 15.3. The van der Waals surface area contributed by atoms with Gasteiger partial charge in [0.2, 0.25) is 0 Å². The highest BCUT2D eigenvalue weighted by Crippen LogP contribution is 2.35. The van der Waals surface area contributed by atoms with Gasteiger partial charge in [-0.05, 0) is 31.9 Å². The summed E-state index contributed by atoms with van der Waals surface area (Å²) >= 11 is 0. The highest BCUT2D eigenvalue weighted by molar-refractivity contribution is 6.38. The van der Waals surface area contributed by atoms with Crippen LogP contribution in [0, 0.1) is 0 Å². The van der Waals surface area contributed by atoms with E-state index < -0.39 is 17.5 Å². The minimum absolute atomic E-state index is 0.0131. The Labute approximate surface area is 129 Å². The fourth-order valence-corrected chi connectivity index (χ4v) is 2.50. The molecule has 1 aromatic carbocycles. The Morgan fingerprint density at radius 3 is 2.64 bits per heavy atom. The van der Waals surface area contributed by atoms with Crippen LogP contribution in [0.25, 0.3) is 0 Å². The number of rotatable bonds is 5. The largest absolute Gasteiger partial charge is 0.479 e. The number of ether oxygens (including phenoxy) is 1. The summed E-state index contributed by atoms with van der Waals surface area (Å²) in [6.45, 7) is 5.49. The van der Waals surface area contributed by atoms with Crippen LogP contribution in [0.5, 0.6) is 0 Å². The molecule has 0 saturated carbocycles. The molecule has 0 aliphatic carbocycles. The number of para-hydroxylation sites is 1. The van der Waals surface area contributed by atoms with Crippen LogP contribution in [-0.4, -0.2) is 34.9 Å². The van der Waals surface area contributed by atoms with E-state index in [0.29, 0.717) is 5.69 Å². The second-order valence-electron chi connectivity index (χ2n) is 5.32. The maximum Gasteiger partial charge on any atom is 0.354 e. The molecule has 2 rings (SSSR count). The van der Waals surface area contributed by atoms with E-state index in [1.165, 1.54) is 5.01 Å². The molecule has 1 aliphatic rings. The van der Waals surface area contributed by atoms with Gasteiger partial charge in [-0.3, -0.25) is 0 Å². The third-order valence-electron chi connectivity index (χ3n) is 3.77. The first-order valence-electron chi connectivity index (χ1n) is 7.30. The van der Waals surface area contributed by atoms with Gasteiger partial charge in [-0.25, -0.2) is 14.6 Å². The second-order valence-corrected chi connectivity index (χ2v) is 5.32. The Morgan fingerprint density at radius 1 is 1.36 bits per heavy atom. The molecule has 6 heteroatoms. The van der Waals surface area contributed by atoms with Crippen LogP contribution in [0.2, 0.25) is 0 Å². The van der Waals surface area contributed by atoms with Gasteiger partial charge < -0.3 is 9.84 Å². The molecule has 0 spiro atoms. The van der Waals surface area contributed by atoms with Gasteiger partial charge >= 0.3 is 11.9 Å². The zero-order chi connectivity index (χ0) is 16.3. The number of nitrogens with zero attached hydrogens (tertiary/aromatic N) is 2. The Balaban J connectivity index is 2.48. The van der Waals surface area contributed by atoms with Crippen LogP contribution in [0.1, 0.15) is 32.8 Å². The molecule has 0 radical (unpaired) electrons. The van der Waals surface area contributed by atoms with E-state index in [1.54, 1.807) is 13.8 Å². The molecule has 1 heterocycles. The maximum absolute atomic E-state index is 11.9. The van der Waals surface area contributed by atoms with Crippen molar-refractivity contribution in [1.82, 2.24) is 0 Å². The summed E-state index contributed by atoms with van der Waals surface area (Å²) in [6.07, 6.45) is 0.756. The number of hydrogen-bond donors (Lipinski definition) is 1. The lowest BCUT2D eigenvalue weighted by Gasteiger charge is -2.31. The normalized spacial score (nSPS) is 20.7. The van der Waals surface area contributed by atoms with Crippen LogP contribution >= 0.6 is 0 Å². The molecule has 0 amide bonds. The molecule has 1 aromatic rings. The number of hydrogen-bond acceptors (Lipinski definition) is 5. The fraction of sp³-hybridized carbons (Fsp3) is 0.438. The number of esters is 1. The van der Waals surface area contributed by atoms with Crippen molar-refractivity contribution in [2.45, 2.75) is 39.2 Å². The first-order valence-corrected chi connectivity index (χ1v) is 7.30. The highest BCUT2D eigenvalue weighted by Gasteiger charge is 2.48. The number of hydrazone groups is 1. The van der Waals surface area contributed by atoms with Crippen molar-refractivity contribution in [2.24, 2.45) is 5.10 Å². The molecular weight excluding hydrogens is 284 g/mol. The zero-order valence-corrected chi connectivity index (χ0v) is 13.0. The van der Waals surface area contributed by atoms with Gasteiger partial charge in [0.15, 0.2) is 5.54 Å². The standard InChI is InChI=1S/C16H20N2O4/c1-4-11-8-6-7-9-13(11)18-16(3,15(20)21)10-12(17-18)14(19)22-5-2/h6-9H,4-5,10H2,1-3H3,(H,20,21)/t16-/m0/s1. The molecule has 1 aliphatic heterocycles. The first kappa shape index (κ1) is 16.0. The van der Waals surface area contributed by atoms with Gasteiger partial charge in [0.25, 0.3) is 0 Å². The third kappa shape index (κ3) is 2.68. The van der Waals surface area contributed by atoms with Gasteiger partial charge in [0, 0.05) is 6.42 Å². The molecule has 0 saturated heterocycles. The minimum atomic E-state index is -1.30. The number of carbonyl (C=O) groups is 2. The Kier molecular flexibility index (Phi) is 4.49. The van der Waals surface area contributed by atoms with Crippen LogP contribution in [-0.2, 0) is 20.7 Å². The molecule has 0 fully saturated rings. The monoisotopic (exact) mass is 304 g/mol. The number of anilines is 1. The second kappa shape index (κ2) is 6.17. The van der Waals surface area contributed by atoms with Crippen molar-refractivity contribution in [3.8, 4) is 0 Å². The lowest BCUT2D eigenvalue weighted by molar-refractivity contribution is -0.142. The molecular formula is C16H20N2O4. The average Bonchev–Trinajstić information content (AvgIpc) is 2.87. The molecule has 0 aromatic heterocycles. The number of benzene rings is 1. The van der Waals surface area contributed by atoms with Crippen LogP contribution in [0.15, 0.2) is 29.4 Å². The van der Waals surface area contributed by atoms with Crippen LogP contribution in [0.3, 0.4) is 0 Å². The predicted octanol–water partition coefficient (Wildman–Crippen LogP) is 2.22. The molecule has 22 heavy (non-hydrogen) atoms. The zero-order valence-electron chi connectivity index (χ0n) is 13.0. The van der Waals surface area contributed by atoms with Crippen LogP contribution in [0.4, 0.5) is 5.69 Å². The van der Waals surface area contributed by atoms with E-state index in [0.717, 1.165) is 12.0 Å². The van der Waals surface area contributed by atoms with E-state index in [4.69, 9.17) is 4.74 Å². The molecule has 0 bridgehead atoms. The van der Waals surface area contributed by atoms with Gasteiger partial charge in [0.1, 0.15) is 5.71 Å². The summed E-state index contributed by atoms with van der Waals surface area (Å²) in [5.41, 5.74) is 0.517. The molecule has 118 valence electrons. The highest BCUT2D eigenvalue weighted by atomic mass is 16.5. The number of aryl methyl sites for hydroxylation is 1. The Hall–Kier alpha value is -2.37. The van der Waals surface area contributed by atoms with Gasteiger partial charge in [-0.15, -0.1) is 0 Å². The maximum atomic E-state index is 11.9. The number of aliphatic carboxylic acids is 1. The van der Waals surface area contributed by atoms with Crippen molar-refractivity contribution in [1.29, 1.82) is 0 Å². The molecule has 1 N–H and O–H groups in total. The van der Waals surface area contributed by atoms with E-state index in [9.17, 15) is 14.7 Å². The summed E-state index contributed by atoms with van der Waals surface area (Å²) in [6, 6.07) is 7.47. The Bertz CT molecular complexity index is 626. The number of carboxylic acids is 1. The smallest absolute Gasteiger partial charge is 0.354 e.